The zero-order valence-electron chi connectivity index (χ0n) is 11.0. The second-order valence-corrected chi connectivity index (χ2v) is 6.83. The number of benzene rings is 1. The van der Waals surface area contributed by atoms with E-state index in [-0.39, 0.29) is 18.0 Å². The van der Waals surface area contributed by atoms with Gasteiger partial charge in [-0.1, -0.05) is 0 Å². The number of nitrogens with zero attached hydrogens (tertiary/aromatic N) is 1. The molecule has 0 bridgehead atoms. The molecule has 1 aromatic carbocycles. The molecular weight excluding hydrogens is 290 g/mol. The van der Waals surface area contributed by atoms with Crippen LogP contribution in [0.5, 0.6) is 0 Å². The topological polar surface area (TPSA) is 66.5 Å². The van der Waals surface area contributed by atoms with E-state index in [4.69, 9.17) is 0 Å². The average Bonchev–Trinajstić information content (AvgIpc) is 2.35. The highest BCUT2D eigenvalue weighted by Crippen LogP contribution is 2.27. The molecule has 1 aliphatic heterocycles. The van der Waals surface area contributed by atoms with Crippen LogP contribution in [-0.2, 0) is 14.8 Å². The molecule has 2 rings (SSSR count). The summed E-state index contributed by atoms with van der Waals surface area (Å²) in [6.45, 7) is 3.16. The minimum atomic E-state index is -4.08. The number of nitrogens with one attached hydrogen (secondary N) is 1. The van der Waals surface area contributed by atoms with E-state index < -0.39 is 33.1 Å². The zero-order valence-corrected chi connectivity index (χ0v) is 11.8. The van der Waals surface area contributed by atoms with Crippen LogP contribution < -0.4 is 5.32 Å². The van der Waals surface area contributed by atoms with Gasteiger partial charge in [0.15, 0.2) is 11.6 Å². The summed E-state index contributed by atoms with van der Waals surface area (Å²) in [5.41, 5.74) is -1.29. The Kier molecular flexibility index (Phi) is 3.55. The van der Waals surface area contributed by atoms with Gasteiger partial charge in [-0.15, -0.1) is 0 Å². The lowest BCUT2D eigenvalue weighted by Gasteiger charge is -2.39. The Bertz CT molecular complexity index is 659. The zero-order chi connectivity index (χ0) is 15.1. The van der Waals surface area contributed by atoms with Crippen molar-refractivity contribution in [3.8, 4) is 0 Å². The molecule has 0 spiro atoms. The maximum Gasteiger partial charge on any atom is 0.244 e. The van der Waals surface area contributed by atoms with Gasteiger partial charge in [-0.05, 0) is 32.0 Å². The van der Waals surface area contributed by atoms with Crippen molar-refractivity contribution in [2.75, 3.05) is 13.1 Å². The molecule has 8 heteroatoms. The van der Waals surface area contributed by atoms with E-state index in [2.05, 4.69) is 5.32 Å². The van der Waals surface area contributed by atoms with Crippen molar-refractivity contribution in [3.63, 3.8) is 0 Å². The van der Waals surface area contributed by atoms with Crippen molar-refractivity contribution < 1.29 is 22.0 Å². The first-order valence-corrected chi connectivity index (χ1v) is 7.37. The SMILES string of the molecule is CC1(C)C(=O)NCCN1S(=O)(=O)c1ccc(F)c(F)c1. The van der Waals surface area contributed by atoms with Crippen LogP contribution in [0.2, 0.25) is 0 Å². The monoisotopic (exact) mass is 304 g/mol. The van der Waals surface area contributed by atoms with E-state index in [1.54, 1.807) is 0 Å². The molecule has 1 N–H and O–H groups in total. The third-order valence-corrected chi connectivity index (χ3v) is 5.33. The minimum absolute atomic E-state index is 0.0695. The second kappa shape index (κ2) is 4.78. The lowest BCUT2D eigenvalue weighted by molar-refractivity contribution is -0.131. The van der Waals surface area contributed by atoms with Gasteiger partial charge in [0.2, 0.25) is 15.9 Å². The highest BCUT2D eigenvalue weighted by molar-refractivity contribution is 7.89. The smallest absolute Gasteiger partial charge is 0.244 e. The summed E-state index contributed by atoms with van der Waals surface area (Å²) in [4.78, 5) is 11.4. The van der Waals surface area contributed by atoms with Gasteiger partial charge in [0.25, 0.3) is 0 Å². The van der Waals surface area contributed by atoms with Crippen molar-refractivity contribution >= 4 is 15.9 Å². The van der Waals surface area contributed by atoms with Crippen LogP contribution in [0.15, 0.2) is 23.1 Å². The number of halogens is 2. The van der Waals surface area contributed by atoms with Gasteiger partial charge in [-0.25, -0.2) is 17.2 Å². The molecule has 0 atom stereocenters. The fraction of sp³-hybridized carbons (Fsp3) is 0.417. The number of sulfonamides is 1. The molecule has 0 aliphatic carbocycles. The second-order valence-electron chi connectivity index (χ2n) is 4.97. The molecule has 110 valence electrons. The van der Waals surface area contributed by atoms with E-state index in [1.807, 2.05) is 0 Å². The van der Waals surface area contributed by atoms with Crippen LogP contribution in [0.25, 0.3) is 0 Å². The van der Waals surface area contributed by atoms with E-state index in [0.717, 1.165) is 16.4 Å². The first kappa shape index (κ1) is 14.9. The Balaban J connectivity index is 2.49. The fourth-order valence-corrected chi connectivity index (χ4v) is 3.83. The first-order valence-electron chi connectivity index (χ1n) is 5.93. The van der Waals surface area contributed by atoms with Crippen molar-refractivity contribution in [2.24, 2.45) is 0 Å². The maximum atomic E-state index is 13.2. The number of piperazine rings is 1. The Hall–Kier alpha value is -1.54. The number of hydrogen-bond donors (Lipinski definition) is 1. The summed E-state index contributed by atoms with van der Waals surface area (Å²) in [5.74, 6) is -2.81. The van der Waals surface area contributed by atoms with Gasteiger partial charge < -0.3 is 5.32 Å². The van der Waals surface area contributed by atoms with Crippen LogP contribution >= 0.6 is 0 Å². The molecule has 0 radical (unpaired) electrons. The molecule has 0 saturated carbocycles. The van der Waals surface area contributed by atoms with Crippen LogP contribution in [0.4, 0.5) is 8.78 Å². The number of carbonyl (C=O) groups excluding carboxylic acids is 1. The van der Waals surface area contributed by atoms with E-state index in [9.17, 15) is 22.0 Å². The highest BCUT2D eigenvalue weighted by Gasteiger charge is 2.44. The van der Waals surface area contributed by atoms with Gasteiger partial charge in [0.1, 0.15) is 5.54 Å². The summed E-state index contributed by atoms with van der Waals surface area (Å²) < 4.78 is 52.0. The number of hydrogen-bond acceptors (Lipinski definition) is 3. The summed E-state index contributed by atoms with van der Waals surface area (Å²) in [7, 11) is -4.08. The third-order valence-electron chi connectivity index (χ3n) is 3.26. The number of rotatable bonds is 2. The number of amides is 1. The molecule has 0 unspecified atom stereocenters. The summed E-state index contributed by atoms with van der Waals surface area (Å²) in [6.07, 6.45) is 0. The predicted octanol–water partition coefficient (Wildman–Crippen LogP) is 0.864. The normalized spacial score (nSPS) is 19.7. The molecule has 1 aliphatic rings. The van der Waals surface area contributed by atoms with Crippen LogP contribution in [0.1, 0.15) is 13.8 Å². The van der Waals surface area contributed by atoms with Crippen molar-refractivity contribution in [1.29, 1.82) is 0 Å². The minimum Gasteiger partial charge on any atom is -0.353 e. The lowest BCUT2D eigenvalue weighted by Crippen LogP contribution is -2.63. The largest absolute Gasteiger partial charge is 0.353 e. The van der Waals surface area contributed by atoms with Gasteiger partial charge in [-0.2, -0.15) is 4.31 Å². The fourth-order valence-electron chi connectivity index (χ4n) is 2.07. The number of carbonyl (C=O) groups is 1. The van der Waals surface area contributed by atoms with Crippen LogP contribution in [-0.4, -0.2) is 37.3 Å². The van der Waals surface area contributed by atoms with Gasteiger partial charge in [0, 0.05) is 13.1 Å². The molecule has 5 nitrogen and oxygen atoms in total. The maximum absolute atomic E-state index is 13.2. The quantitative estimate of drug-likeness (QED) is 0.881. The Morgan fingerprint density at radius 1 is 1.25 bits per heavy atom. The van der Waals surface area contributed by atoms with Crippen molar-refractivity contribution in [2.45, 2.75) is 24.3 Å². The van der Waals surface area contributed by atoms with Crippen molar-refractivity contribution in [1.82, 2.24) is 9.62 Å². The molecule has 20 heavy (non-hydrogen) atoms. The summed E-state index contributed by atoms with van der Waals surface area (Å²) in [6, 6.07) is 2.35. The predicted molar refractivity (Wildman–Crippen MR) is 67.3 cm³/mol. The summed E-state index contributed by atoms with van der Waals surface area (Å²) in [5, 5.41) is 2.57. The Morgan fingerprint density at radius 2 is 1.90 bits per heavy atom. The third kappa shape index (κ3) is 2.29. The molecular formula is C12H14F2N2O3S. The average molecular weight is 304 g/mol. The Labute approximate surface area is 115 Å². The molecule has 1 heterocycles. The standard InChI is InChI=1S/C12H14F2N2O3S/c1-12(2)11(17)15-5-6-16(12)20(18,19)8-3-4-9(13)10(14)7-8/h3-4,7H,5-6H2,1-2H3,(H,15,17). The molecule has 1 aromatic rings. The van der Waals surface area contributed by atoms with E-state index >= 15 is 0 Å². The van der Waals surface area contributed by atoms with Gasteiger partial charge in [0.05, 0.1) is 4.90 Å². The first-order chi connectivity index (χ1) is 9.17. The molecule has 1 amide bonds. The van der Waals surface area contributed by atoms with Crippen LogP contribution in [0.3, 0.4) is 0 Å². The van der Waals surface area contributed by atoms with Gasteiger partial charge >= 0.3 is 0 Å². The lowest BCUT2D eigenvalue weighted by atomic mass is 10.0. The summed E-state index contributed by atoms with van der Waals surface area (Å²) >= 11 is 0. The highest BCUT2D eigenvalue weighted by atomic mass is 32.2. The van der Waals surface area contributed by atoms with E-state index in [0.29, 0.717) is 6.07 Å². The Morgan fingerprint density at radius 3 is 2.50 bits per heavy atom. The van der Waals surface area contributed by atoms with Crippen molar-refractivity contribution in [3.05, 3.63) is 29.8 Å². The molecule has 1 saturated heterocycles. The molecule has 0 aromatic heterocycles. The van der Waals surface area contributed by atoms with Gasteiger partial charge in [-0.3, -0.25) is 4.79 Å². The van der Waals surface area contributed by atoms with Crippen LogP contribution in [0, 0.1) is 11.6 Å². The molecule has 1 fully saturated rings. The van der Waals surface area contributed by atoms with E-state index in [1.165, 1.54) is 13.8 Å².